The Labute approximate surface area is 151 Å². The van der Waals surface area contributed by atoms with Gasteiger partial charge in [-0.2, -0.15) is 0 Å². The number of aliphatic hydroxyl groups excluding tert-OH is 1. The number of hydrogen-bond donors (Lipinski definition) is 1. The maximum absolute atomic E-state index is 11.7. The topological polar surface area (TPSA) is 46.5 Å². The van der Waals surface area contributed by atoms with E-state index in [2.05, 4.69) is 15.9 Å². The second kappa shape index (κ2) is 10.1. The average Bonchev–Trinajstić information content (AvgIpc) is 2.62. The summed E-state index contributed by atoms with van der Waals surface area (Å²) >= 11 is 3.40. The third kappa shape index (κ3) is 6.30. The monoisotopic (exact) mass is 388 g/mol. The van der Waals surface area contributed by atoms with Crippen molar-refractivity contribution in [2.75, 3.05) is 6.61 Å². The Bertz CT molecular complexity index is 650. The standard InChI is InChI=1S/C20H21BrO3/c21-19-12-10-17(11-13-19)18(14-22)8-4-5-9-20(23)24-15-16-6-2-1-3-7-16/h1-3,5-7,9-13,18,22H,4,8,14-15H2/b9-5+/t18-/m1/s1. The van der Waals surface area contributed by atoms with Crippen LogP contribution in [-0.2, 0) is 16.1 Å². The van der Waals surface area contributed by atoms with E-state index in [4.69, 9.17) is 4.74 Å². The Kier molecular flexibility index (Phi) is 7.72. The van der Waals surface area contributed by atoms with Gasteiger partial charge in [-0.05, 0) is 36.1 Å². The third-order valence-electron chi connectivity index (χ3n) is 3.72. The van der Waals surface area contributed by atoms with Crippen LogP contribution in [0.1, 0.15) is 29.9 Å². The largest absolute Gasteiger partial charge is 0.458 e. The van der Waals surface area contributed by atoms with E-state index in [1.807, 2.05) is 54.6 Å². The highest BCUT2D eigenvalue weighted by atomic mass is 79.9. The Morgan fingerprint density at radius 1 is 1.12 bits per heavy atom. The maximum Gasteiger partial charge on any atom is 0.330 e. The average molecular weight is 389 g/mol. The van der Waals surface area contributed by atoms with Crippen LogP contribution in [0.4, 0.5) is 0 Å². The van der Waals surface area contributed by atoms with Gasteiger partial charge in [0.15, 0.2) is 0 Å². The Morgan fingerprint density at radius 2 is 1.83 bits per heavy atom. The van der Waals surface area contributed by atoms with Crippen molar-refractivity contribution >= 4 is 21.9 Å². The summed E-state index contributed by atoms with van der Waals surface area (Å²) in [4.78, 5) is 11.7. The summed E-state index contributed by atoms with van der Waals surface area (Å²) in [5, 5.41) is 9.54. The summed E-state index contributed by atoms with van der Waals surface area (Å²) in [6, 6.07) is 17.5. The van der Waals surface area contributed by atoms with E-state index >= 15 is 0 Å². The van der Waals surface area contributed by atoms with Crippen LogP contribution in [0.2, 0.25) is 0 Å². The van der Waals surface area contributed by atoms with Gasteiger partial charge in [-0.3, -0.25) is 0 Å². The first-order valence-corrected chi connectivity index (χ1v) is 8.72. The first-order valence-electron chi connectivity index (χ1n) is 7.92. The fourth-order valence-electron chi connectivity index (χ4n) is 2.35. The number of hydrogen-bond acceptors (Lipinski definition) is 3. The number of rotatable bonds is 8. The number of allylic oxidation sites excluding steroid dienone is 1. The van der Waals surface area contributed by atoms with Crippen molar-refractivity contribution in [3.63, 3.8) is 0 Å². The van der Waals surface area contributed by atoms with Gasteiger partial charge < -0.3 is 9.84 Å². The molecule has 0 spiro atoms. The molecular weight excluding hydrogens is 368 g/mol. The number of carbonyl (C=O) groups excluding carboxylic acids is 1. The molecule has 1 atom stereocenters. The fourth-order valence-corrected chi connectivity index (χ4v) is 2.62. The quantitative estimate of drug-likeness (QED) is 0.530. The Balaban J connectivity index is 1.74. The second-order valence-electron chi connectivity index (χ2n) is 5.50. The van der Waals surface area contributed by atoms with Gasteiger partial charge in [0.25, 0.3) is 0 Å². The minimum atomic E-state index is -0.344. The highest BCUT2D eigenvalue weighted by Gasteiger charge is 2.09. The fraction of sp³-hybridized carbons (Fsp3) is 0.250. The first-order chi connectivity index (χ1) is 11.7. The lowest BCUT2D eigenvalue weighted by Crippen LogP contribution is -2.04. The zero-order valence-corrected chi connectivity index (χ0v) is 15.0. The zero-order chi connectivity index (χ0) is 17.2. The van der Waals surface area contributed by atoms with E-state index < -0.39 is 0 Å². The molecule has 4 heteroatoms. The molecule has 0 aromatic heterocycles. The molecule has 0 aliphatic rings. The molecule has 0 bridgehead atoms. The van der Waals surface area contributed by atoms with Crippen LogP contribution in [0.25, 0.3) is 0 Å². The van der Waals surface area contributed by atoms with Crippen LogP contribution in [0.5, 0.6) is 0 Å². The van der Waals surface area contributed by atoms with Gasteiger partial charge in [-0.1, -0.05) is 64.5 Å². The molecule has 0 saturated carbocycles. The van der Waals surface area contributed by atoms with Crippen molar-refractivity contribution in [3.8, 4) is 0 Å². The van der Waals surface area contributed by atoms with Crippen LogP contribution in [0.15, 0.2) is 71.2 Å². The second-order valence-corrected chi connectivity index (χ2v) is 6.42. The van der Waals surface area contributed by atoms with Gasteiger partial charge in [0, 0.05) is 23.1 Å². The third-order valence-corrected chi connectivity index (χ3v) is 4.25. The molecule has 0 amide bonds. The highest BCUT2D eigenvalue weighted by molar-refractivity contribution is 9.10. The van der Waals surface area contributed by atoms with Crippen LogP contribution in [0, 0.1) is 0 Å². The molecule has 0 unspecified atom stereocenters. The molecule has 0 heterocycles. The van der Waals surface area contributed by atoms with Crippen LogP contribution >= 0.6 is 15.9 Å². The molecule has 3 nitrogen and oxygen atoms in total. The van der Waals surface area contributed by atoms with Crippen molar-refractivity contribution in [1.82, 2.24) is 0 Å². The predicted octanol–water partition coefficient (Wildman–Crippen LogP) is 4.60. The summed E-state index contributed by atoms with van der Waals surface area (Å²) in [5.41, 5.74) is 2.07. The number of halogens is 1. The van der Waals surface area contributed by atoms with Gasteiger partial charge >= 0.3 is 5.97 Å². The minimum absolute atomic E-state index is 0.0723. The summed E-state index contributed by atoms with van der Waals surface area (Å²) in [5.74, 6) is -0.272. The van der Waals surface area contributed by atoms with Crippen molar-refractivity contribution in [2.45, 2.75) is 25.4 Å². The van der Waals surface area contributed by atoms with Crippen molar-refractivity contribution < 1.29 is 14.6 Å². The van der Waals surface area contributed by atoms with E-state index in [0.29, 0.717) is 6.42 Å². The minimum Gasteiger partial charge on any atom is -0.458 e. The Hall–Kier alpha value is -1.91. The first kappa shape index (κ1) is 18.4. The van der Waals surface area contributed by atoms with Crippen LogP contribution < -0.4 is 0 Å². The van der Waals surface area contributed by atoms with Gasteiger partial charge in [-0.15, -0.1) is 0 Å². The lowest BCUT2D eigenvalue weighted by Gasteiger charge is -2.13. The molecule has 126 valence electrons. The number of aliphatic hydroxyl groups is 1. The summed E-state index contributed by atoms with van der Waals surface area (Å²) < 4.78 is 6.20. The zero-order valence-electron chi connectivity index (χ0n) is 13.4. The lowest BCUT2D eigenvalue weighted by atomic mass is 9.95. The van der Waals surface area contributed by atoms with E-state index in [9.17, 15) is 9.90 Å². The smallest absolute Gasteiger partial charge is 0.330 e. The SMILES string of the molecule is O=C(/C=C/CC[C@H](CO)c1ccc(Br)cc1)OCc1ccccc1. The van der Waals surface area contributed by atoms with E-state index in [0.717, 1.165) is 22.0 Å². The highest BCUT2D eigenvalue weighted by Crippen LogP contribution is 2.22. The molecule has 0 radical (unpaired) electrons. The molecule has 0 aliphatic carbocycles. The molecule has 0 fully saturated rings. The molecule has 1 N–H and O–H groups in total. The van der Waals surface area contributed by atoms with Gasteiger partial charge in [0.05, 0.1) is 0 Å². The lowest BCUT2D eigenvalue weighted by molar-refractivity contribution is -0.139. The summed E-state index contributed by atoms with van der Waals surface area (Å²) in [7, 11) is 0. The van der Waals surface area contributed by atoms with Crippen molar-refractivity contribution in [2.24, 2.45) is 0 Å². The molecule has 2 aromatic rings. The maximum atomic E-state index is 11.7. The van der Waals surface area contributed by atoms with E-state index in [-0.39, 0.29) is 25.1 Å². The van der Waals surface area contributed by atoms with Crippen molar-refractivity contribution in [3.05, 3.63) is 82.3 Å². The molecule has 24 heavy (non-hydrogen) atoms. The number of benzene rings is 2. The van der Waals surface area contributed by atoms with Crippen LogP contribution in [-0.4, -0.2) is 17.7 Å². The van der Waals surface area contributed by atoms with E-state index in [1.54, 1.807) is 6.08 Å². The molecule has 2 rings (SSSR count). The normalized spacial score (nSPS) is 12.2. The number of ether oxygens (including phenoxy) is 1. The molecule has 2 aromatic carbocycles. The molecular formula is C20H21BrO3. The molecule has 0 saturated heterocycles. The predicted molar refractivity (Wildman–Crippen MR) is 98.6 cm³/mol. The van der Waals surface area contributed by atoms with Gasteiger partial charge in [-0.25, -0.2) is 4.79 Å². The van der Waals surface area contributed by atoms with Crippen LogP contribution in [0.3, 0.4) is 0 Å². The number of esters is 1. The molecule has 0 aliphatic heterocycles. The number of carbonyl (C=O) groups is 1. The summed E-state index contributed by atoms with van der Waals surface area (Å²) in [6.07, 6.45) is 4.75. The van der Waals surface area contributed by atoms with Gasteiger partial charge in [0.2, 0.25) is 0 Å². The Morgan fingerprint density at radius 3 is 2.50 bits per heavy atom. The van der Waals surface area contributed by atoms with E-state index in [1.165, 1.54) is 6.08 Å². The van der Waals surface area contributed by atoms with Gasteiger partial charge in [0.1, 0.15) is 6.61 Å². The summed E-state index contributed by atoms with van der Waals surface area (Å²) in [6.45, 7) is 0.371. The van der Waals surface area contributed by atoms with Crippen molar-refractivity contribution in [1.29, 1.82) is 0 Å².